The van der Waals surface area contributed by atoms with E-state index in [1.54, 1.807) is 12.3 Å². The van der Waals surface area contributed by atoms with Crippen molar-refractivity contribution in [3.05, 3.63) is 34.7 Å². The fraction of sp³-hybridized carbons (Fsp3) is 0. The minimum absolute atomic E-state index is 0.287. The lowest BCUT2D eigenvalue weighted by Gasteiger charge is -2.01. The molecule has 0 spiro atoms. The molecule has 66 valence electrons. The number of pyridine rings is 1. The maximum Gasteiger partial charge on any atom is 0.124 e. The Hall–Kier alpha value is -1.16. The molecule has 0 radical (unpaired) electrons. The largest absolute Gasteiger partial charge is 0.384 e. The fourth-order valence-electron chi connectivity index (χ4n) is 1.20. The minimum atomic E-state index is -0.287. The maximum atomic E-state index is 12.9. The van der Waals surface area contributed by atoms with Crippen molar-refractivity contribution in [2.24, 2.45) is 0 Å². The van der Waals surface area contributed by atoms with E-state index in [-0.39, 0.29) is 5.82 Å². The van der Waals surface area contributed by atoms with Gasteiger partial charge in [-0.2, -0.15) is 0 Å². The number of halogens is 2. The van der Waals surface area contributed by atoms with Gasteiger partial charge in [0.25, 0.3) is 0 Å². The second-order valence-corrected chi connectivity index (χ2v) is 3.57. The molecule has 0 aliphatic rings. The van der Waals surface area contributed by atoms with Gasteiger partial charge in [0.1, 0.15) is 11.6 Å². The molecule has 0 bridgehead atoms. The van der Waals surface area contributed by atoms with Crippen LogP contribution in [0.15, 0.2) is 28.9 Å². The summed E-state index contributed by atoms with van der Waals surface area (Å²) in [6, 6.07) is 4.47. The summed E-state index contributed by atoms with van der Waals surface area (Å²) in [5, 5.41) is 1.61. The first-order chi connectivity index (χ1) is 6.16. The molecule has 2 nitrogen and oxygen atoms in total. The third-order valence-electron chi connectivity index (χ3n) is 1.77. The van der Waals surface area contributed by atoms with Gasteiger partial charge in [-0.15, -0.1) is 0 Å². The van der Waals surface area contributed by atoms with Crippen LogP contribution in [0.2, 0.25) is 0 Å². The van der Waals surface area contributed by atoms with Crippen LogP contribution in [0, 0.1) is 5.82 Å². The highest BCUT2D eigenvalue weighted by Crippen LogP contribution is 2.25. The second-order valence-electron chi connectivity index (χ2n) is 2.72. The Morgan fingerprint density at radius 2 is 2.08 bits per heavy atom. The molecule has 1 aromatic heterocycles. The lowest BCUT2D eigenvalue weighted by Crippen LogP contribution is -1.89. The van der Waals surface area contributed by atoms with Crippen LogP contribution in [0.3, 0.4) is 0 Å². The van der Waals surface area contributed by atoms with Crippen LogP contribution in [0.4, 0.5) is 10.2 Å². The number of hydrogen-bond acceptors (Lipinski definition) is 2. The van der Waals surface area contributed by atoms with Gasteiger partial charge in [-0.3, -0.25) is 0 Å². The summed E-state index contributed by atoms with van der Waals surface area (Å²) in [5.74, 6) is 0.106. The third kappa shape index (κ3) is 1.49. The van der Waals surface area contributed by atoms with Crippen LogP contribution in [0.5, 0.6) is 0 Å². The van der Waals surface area contributed by atoms with E-state index >= 15 is 0 Å². The van der Waals surface area contributed by atoms with Gasteiger partial charge < -0.3 is 5.73 Å². The zero-order chi connectivity index (χ0) is 9.42. The summed E-state index contributed by atoms with van der Waals surface area (Å²) in [6.45, 7) is 0. The molecular weight excluding hydrogens is 235 g/mol. The summed E-state index contributed by atoms with van der Waals surface area (Å²) in [6.07, 6.45) is 1.62. The molecule has 13 heavy (non-hydrogen) atoms. The van der Waals surface area contributed by atoms with Crippen LogP contribution < -0.4 is 5.73 Å². The van der Waals surface area contributed by atoms with E-state index in [1.165, 1.54) is 12.1 Å². The number of fused-ring (bicyclic) bond motifs is 1. The van der Waals surface area contributed by atoms with Gasteiger partial charge in [-0.1, -0.05) is 0 Å². The van der Waals surface area contributed by atoms with Crippen LogP contribution in [-0.2, 0) is 0 Å². The Kier molecular flexibility index (Phi) is 1.92. The number of benzene rings is 1. The number of hydrogen-bond donors (Lipinski definition) is 1. The van der Waals surface area contributed by atoms with E-state index in [4.69, 9.17) is 5.73 Å². The standard InChI is InChI=1S/C9H6BrFN2/c10-8-3-6(11)1-5-2-9(12)13-4-7(5)8/h1-4H,(H2,12,13). The number of nitrogens with zero attached hydrogens (tertiary/aromatic N) is 1. The SMILES string of the molecule is Nc1cc2cc(F)cc(Br)c2cn1. The smallest absolute Gasteiger partial charge is 0.124 e. The molecule has 4 heteroatoms. The highest BCUT2D eigenvalue weighted by Gasteiger charge is 2.02. The summed E-state index contributed by atoms with van der Waals surface area (Å²) in [5.41, 5.74) is 5.48. The molecule has 0 aliphatic carbocycles. The average Bonchev–Trinajstić information content (AvgIpc) is 2.02. The molecule has 0 unspecified atom stereocenters. The zero-order valence-electron chi connectivity index (χ0n) is 6.59. The first-order valence-electron chi connectivity index (χ1n) is 3.67. The van der Waals surface area contributed by atoms with E-state index < -0.39 is 0 Å². The van der Waals surface area contributed by atoms with Gasteiger partial charge in [0.15, 0.2) is 0 Å². The van der Waals surface area contributed by atoms with E-state index in [9.17, 15) is 4.39 Å². The van der Waals surface area contributed by atoms with Gasteiger partial charge in [0, 0.05) is 16.1 Å². The third-order valence-corrected chi connectivity index (χ3v) is 2.43. The minimum Gasteiger partial charge on any atom is -0.384 e. The van der Waals surface area contributed by atoms with E-state index in [0.29, 0.717) is 10.3 Å². The normalized spacial score (nSPS) is 10.6. The van der Waals surface area contributed by atoms with Crippen molar-refractivity contribution >= 4 is 32.5 Å². The van der Waals surface area contributed by atoms with E-state index in [2.05, 4.69) is 20.9 Å². The number of nitrogens with two attached hydrogens (primary N) is 1. The number of anilines is 1. The Morgan fingerprint density at radius 1 is 1.31 bits per heavy atom. The van der Waals surface area contributed by atoms with Gasteiger partial charge in [-0.25, -0.2) is 9.37 Å². The number of aromatic nitrogens is 1. The summed E-state index contributed by atoms with van der Waals surface area (Å²) < 4.78 is 13.6. The molecule has 0 amide bonds. The maximum absolute atomic E-state index is 12.9. The fourth-order valence-corrected chi connectivity index (χ4v) is 1.75. The van der Waals surface area contributed by atoms with Gasteiger partial charge in [-0.05, 0) is 39.5 Å². The predicted octanol–water partition coefficient (Wildman–Crippen LogP) is 2.72. The average molecular weight is 241 g/mol. The number of nitrogen functional groups attached to an aromatic ring is 1. The molecule has 2 aromatic rings. The van der Waals surface area contributed by atoms with Crippen LogP contribution >= 0.6 is 15.9 Å². The highest BCUT2D eigenvalue weighted by atomic mass is 79.9. The van der Waals surface area contributed by atoms with Crippen LogP contribution in [0.25, 0.3) is 10.8 Å². The molecule has 0 fully saturated rings. The second kappa shape index (κ2) is 2.96. The Bertz CT molecular complexity index is 465. The molecular formula is C9H6BrFN2. The summed E-state index contributed by atoms with van der Waals surface area (Å²) >= 11 is 3.25. The van der Waals surface area contributed by atoms with Crippen molar-refractivity contribution in [1.82, 2.24) is 4.98 Å². The van der Waals surface area contributed by atoms with Crippen molar-refractivity contribution in [3.63, 3.8) is 0 Å². The Morgan fingerprint density at radius 3 is 2.85 bits per heavy atom. The number of rotatable bonds is 0. The van der Waals surface area contributed by atoms with E-state index in [1.807, 2.05) is 0 Å². The van der Waals surface area contributed by atoms with Crippen molar-refractivity contribution in [3.8, 4) is 0 Å². The molecule has 0 atom stereocenters. The van der Waals surface area contributed by atoms with Gasteiger partial charge >= 0.3 is 0 Å². The Balaban J connectivity index is 2.86. The first-order valence-corrected chi connectivity index (χ1v) is 4.46. The van der Waals surface area contributed by atoms with Crippen molar-refractivity contribution in [1.29, 1.82) is 0 Å². The van der Waals surface area contributed by atoms with Crippen molar-refractivity contribution in [2.45, 2.75) is 0 Å². The molecule has 0 aliphatic heterocycles. The van der Waals surface area contributed by atoms with Gasteiger partial charge in [0.2, 0.25) is 0 Å². The quantitative estimate of drug-likeness (QED) is 0.770. The monoisotopic (exact) mass is 240 g/mol. The molecule has 1 aromatic carbocycles. The molecule has 1 heterocycles. The lowest BCUT2D eigenvalue weighted by atomic mass is 10.2. The highest BCUT2D eigenvalue weighted by molar-refractivity contribution is 9.10. The molecule has 0 saturated heterocycles. The summed E-state index contributed by atoms with van der Waals surface area (Å²) in [7, 11) is 0. The molecule has 0 saturated carbocycles. The van der Waals surface area contributed by atoms with E-state index in [0.717, 1.165) is 10.8 Å². The first kappa shape index (κ1) is 8.44. The van der Waals surface area contributed by atoms with Crippen molar-refractivity contribution in [2.75, 3.05) is 5.73 Å². The molecule has 2 rings (SSSR count). The topological polar surface area (TPSA) is 38.9 Å². The van der Waals surface area contributed by atoms with Crippen molar-refractivity contribution < 1.29 is 4.39 Å². The summed E-state index contributed by atoms with van der Waals surface area (Å²) in [4.78, 5) is 3.92. The lowest BCUT2D eigenvalue weighted by molar-refractivity contribution is 0.629. The van der Waals surface area contributed by atoms with Crippen LogP contribution in [0.1, 0.15) is 0 Å². The zero-order valence-corrected chi connectivity index (χ0v) is 8.18. The van der Waals surface area contributed by atoms with Gasteiger partial charge in [0.05, 0.1) is 0 Å². The molecule has 2 N–H and O–H groups in total. The van der Waals surface area contributed by atoms with Crippen LogP contribution in [-0.4, -0.2) is 4.98 Å². The predicted molar refractivity (Wildman–Crippen MR) is 53.8 cm³/mol. The Labute approximate surface area is 82.7 Å².